The molecule has 1 atom stereocenters. The maximum Gasteiger partial charge on any atom is 0.144 e. The molecule has 1 aromatic heterocycles. The van der Waals surface area contributed by atoms with Gasteiger partial charge in [0.25, 0.3) is 0 Å². The first-order valence-corrected chi connectivity index (χ1v) is 7.65. The lowest BCUT2D eigenvalue weighted by molar-refractivity contribution is 0.477. The van der Waals surface area contributed by atoms with Crippen molar-refractivity contribution in [2.24, 2.45) is 0 Å². The summed E-state index contributed by atoms with van der Waals surface area (Å²) in [6.07, 6.45) is 2.12. The van der Waals surface area contributed by atoms with Crippen LogP contribution in [0.15, 0.2) is 30.3 Å². The molecule has 2 aromatic rings. The quantitative estimate of drug-likeness (QED) is 0.691. The molecule has 2 heterocycles. The SMILES string of the molecule is N#Cc1c(NC2CCCNC2)cc(-c2ccccc2O)nc1N. The van der Waals surface area contributed by atoms with Gasteiger partial charge in [0, 0.05) is 18.2 Å². The molecular weight excluding hydrogens is 290 g/mol. The minimum Gasteiger partial charge on any atom is -0.507 e. The molecule has 1 aliphatic heterocycles. The number of nitriles is 1. The molecule has 118 valence electrons. The number of phenols is 1. The summed E-state index contributed by atoms with van der Waals surface area (Å²) in [5.74, 6) is 0.300. The number of aromatic nitrogens is 1. The first kappa shape index (κ1) is 15.1. The Hall–Kier alpha value is -2.78. The van der Waals surface area contributed by atoms with Gasteiger partial charge in [-0.05, 0) is 37.6 Å². The van der Waals surface area contributed by atoms with E-state index in [2.05, 4.69) is 21.7 Å². The molecule has 1 saturated heterocycles. The van der Waals surface area contributed by atoms with Gasteiger partial charge in [-0.1, -0.05) is 12.1 Å². The monoisotopic (exact) mass is 309 g/mol. The van der Waals surface area contributed by atoms with E-state index in [9.17, 15) is 10.4 Å². The van der Waals surface area contributed by atoms with Crippen LogP contribution in [0, 0.1) is 11.3 Å². The molecule has 3 rings (SSSR count). The number of nitrogens with two attached hydrogens (primary N) is 1. The predicted molar refractivity (Wildman–Crippen MR) is 90.0 cm³/mol. The van der Waals surface area contributed by atoms with Gasteiger partial charge in [-0.25, -0.2) is 4.98 Å². The zero-order valence-corrected chi connectivity index (χ0v) is 12.7. The topological polar surface area (TPSA) is 107 Å². The molecule has 0 saturated carbocycles. The summed E-state index contributed by atoms with van der Waals surface area (Å²) in [7, 11) is 0. The third-order valence-corrected chi connectivity index (χ3v) is 4.00. The van der Waals surface area contributed by atoms with E-state index in [1.165, 1.54) is 0 Å². The molecule has 1 unspecified atom stereocenters. The highest BCUT2D eigenvalue weighted by atomic mass is 16.3. The average Bonchev–Trinajstić information content (AvgIpc) is 2.56. The maximum absolute atomic E-state index is 10.0. The number of nitrogens with one attached hydrogen (secondary N) is 2. The summed E-state index contributed by atoms with van der Waals surface area (Å²) in [5.41, 5.74) is 8.09. The van der Waals surface area contributed by atoms with Crippen LogP contribution < -0.4 is 16.4 Å². The molecule has 5 N–H and O–H groups in total. The lowest BCUT2D eigenvalue weighted by Crippen LogP contribution is -2.38. The summed E-state index contributed by atoms with van der Waals surface area (Å²) in [4.78, 5) is 4.27. The number of nitrogens with zero attached hydrogens (tertiary/aromatic N) is 2. The highest BCUT2D eigenvalue weighted by Gasteiger charge is 2.18. The first-order valence-electron chi connectivity index (χ1n) is 7.65. The van der Waals surface area contributed by atoms with E-state index in [0.717, 1.165) is 25.9 Å². The summed E-state index contributed by atoms with van der Waals surface area (Å²) in [6, 6.07) is 11.1. The van der Waals surface area contributed by atoms with E-state index in [0.29, 0.717) is 22.5 Å². The van der Waals surface area contributed by atoms with Gasteiger partial charge in [0.1, 0.15) is 23.2 Å². The highest BCUT2D eigenvalue weighted by Crippen LogP contribution is 2.32. The Morgan fingerprint density at radius 2 is 2.22 bits per heavy atom. The second-order valence-electron chi connectivity index (χ2n) is 5.63. The van der Waals surface area contributed by atoms with Crippen molar-refractivity contribution in [2.75, 3.05) is 24.1 Å². The Kier molecular flexibility index (Phi) is 4.31. The zero-order chi connectivity index (χ0) is 16.2. The second kappa shape index (κ2) is 6.55. The summed E-state index contributed by atoms with van der Waals surface area (Å²) in [6.45, 7) is 1.87. The number of rotatable bonds is 3. The summed E-state index contributed by atoms with van der Waals surface area (Å²) >= 11 is 0. The summed E-state index contributed by atoms with van der Waals surface area (Å²) in [5, 5.41) is 26.1. The fraction of sp³-hybridized carbons (Fsp3) is 0.294. The molecule has 1 aromatic carbocycles. The first-order chi connectivity index (χ1) is 11.2. The van der Waals surface area contributed by atoms with Crippen molar-refractivity contribution in [3.8, 4) is 23.1 Å². The van der Waals surface area contributed by atoms with Gasteiger partial charge in [-0.2, -0.15) is 5.26 Å². The van der Waals surface area contributed by atoms with Crippen molar-refractivity contribution in [1.29, 1.82) is 5.26 Å². The third kappa shape index (κ3) is 3.20. The van der Waals surface area contributed by atoms with Crippen molar-refractivity contribution in [2.45, 2.75) is 18.9 Å². The number of aromatic hydroxyl groups is 1. The molecule has 1 aliphatic rings. The van der Waals surface area contributed by atoms with Gasteiger partial charge in [0.15, 0.2) is 0 Å². The molecule has 0 aliphatic carbocycles. The molecule has 0 bridgehead atoms. The number of benzene rings is 1. The molecule has 6 heteroatoms. The Morgan fingerprint density at radius 1 is 1.39 bits per heavy atom. The minimum absolute atomic E-state index is 0.134. The van der Waals surface area contributed by atoms with Crippen LogP contribution in [0.1, 0.15) is 18.4 Å². The Labute approximate surface area is 135 Å². The normalized spacial score (nSPS) is 17.4. The molecule has 1 fully saturated rings. The van der Waals surface area contributed by atoms with E-state index in [-0.39, 0.29) is 17.6 Å². The molecular formula is C17H19N5O. The van der Waals surface area contributed by atoms with E-state index in [1.807, 2.05) is 6.07 Å². The van der Waals surface area contributed by atoms with Gasteiger partial charge in [-0.15, -0.1) is 0 Å². The smallest absolute Gasteiger partial charge is 0.144 e. The Bertz CT molecular complexity index is 747. The van der Waals surface area contributed by atoms with Crippen LogP contribution in [0.2, 0.25) is 0 Å². The lowest BCUT2D eigenvalue weighted by atomic mass is 10.0. The van der Waals surface area contributed by atoms with Crippen LogP contribution >= 0.6 is 0 Å². The van der Waals surface area contributed by atoms with Gasteiger partial charge in [0.05, 0.1) is 11.4 Å². The summed E-state index contributed by atoms with van der Waals surface area (Å²) < 4.78 is 0. The third-order valence-electron chi connectivity index (χ3n) is 4.00. The fourth-order valence-electron chi connectivity index (χ4n) is 2.82. The van der Waals surface area contributed by atoms with Crippen LogP contribution in [0.25, 0.3) is 11.3 Å². The minimum atomic E-state index is 0.134. The van der Waals surface area contributed by atoms with Crippen LogP contribution in [-0.4, -0.2) is 29.2 Å². The zero-order valence-electron chi connectivity index (χ0n) is 12.7. The number of pyridine rings is 1. The lowest BCUT2D eigenvalue weighted by Gasteiger charge is -2.25. The number of anilines is 2. The van der Waals surface area contributed by atoms with Crippen LogP contribution in [0.4, 0.5) is 11.5 Å². The van der Waals surface area contributed by atoms with Crippen LogP contribution in [-0.2, 0) is 0 Å². The van der Waals surface area contributed by atoms with Crippen LogP contribution in [0.3, 0.4) is 0 Å². The number of nitrogen functional groups attached to an aromatic ring is 1. The second-order valence-corrected chi connectivity index (χ2v) is 5.63. The van der Waals surface area contributed by atoms with Crippen molar-refractivity contribution < 1.29 is 5.11 Å². The van der Waals surface area contributed by atoms with Gasteiger partial charge in [0.2, 0.25) is 0 Å². The fourth-order valence-corrected chi connectivity index (χ4v) is 2.82. The maximum atomic E-state index is 10.0. The number of phenolic OH excluding ortho intramolecular Hbond substituents is 1. The number of hydrogen-bond donors (Lipinski definition) is 4. The van der Waals surface area contributed by atoms with Crippen molar-refractivity contribution >= 4 is 11.5 Å². The largest absolute Gasteiger partial charge is 0.507 e. The van der Waals surface area contributed by atoms with Gasteiger partial charge in [-0.3, -0.25) is 0 Å². The van der Waals surface area contributed by atoms with E-state index >= 15 is 0 Å². The Morgan fingerprint density at radius 3 is 2.91 bits per heavy atom. The van der Waals surface area contributed by atoms with Gasteiger partial charge < -0.3 is 21.5 Å². The number of piperidine rings is 1. The number of hydrogen-bond acceptors (Lipinski definition) is 6. The molecule has 23 heavy (non-hydrogen) atoms. The molecule has 0 amide bonds. The highest BCUT2D eigenvalue weighted by molar-refractivity contribution is 5.77. The molecule has 0 radical (unpaired) electrons. The van der Waals surface area contributed by atoms with Gasteiger partial charge >= 0.3 is 0 Å². The average molecular weight is 309 g/mol. The van der Waals surface area contributed by atoms with Crippen molar-refractivity contribution in [3.63, 3.8) is 0 Å². The van der Waals surface area contributed by atoms with Crippen molar-refractivity contribution in [1.82, 2.24) is 10.3 Å². The van der Waals surface area contributed by atoms with E-state index < -0.39 is 0 Å². The number of para-hydroxylation sites is 1. The standard InChI is InChI=1S/C17H19N5O/c18-9-13-15(21-11-4-3-7-20-10-11)8-14(22-17(13)19)12-5-1-2-6-16(12)23/h1-2,5-6,8,11,20,23H,3-4,7,10H2,(H3,19,21,22). The van der Waals surface area contributed by atoms with Crippen LogP contribution in [0.5, 0.6) is 5.75 Å². The van der Waals surface area contributed by atoms with E-state index in [1.54, 1.807) is 24.3 Å². The van der Waals surface area contributed by atoms with E-state index in [4.69, 9.17) is 5.73 Å². The Balaban J connectivity index is 2.00. The molecule has 6 nitrogen and oxygen atoms in total. The van der Waals surface area contributed by atoms with Crippen molar-refractivity contribution in [3.05, 3.63) is 35.9 Å². The predicted octanol–water partition coefficient (Wildman–Crippen LogP) is 2.07. The molecule has 0 spiro atoms.